The predicted molar refractivity (Wildman–Crippen MR) is 482 cm³/mol. The van der Waals surface area contributed by atoms with E-state index in [0.29, 0.717) is 100 Å². The lowest BCUT2D eigenvalue weighted by atomic mass is 9.89. The van der Waals surface area contributed by atoms with Crippen LogP contribution in [0.5, 0.6) is 0 Å². The number of anilines is 3. The molecule has 2 saturated heterocycles. The zero-order valence-corrected chi connectivity index (χ0v) is 76.6. The summed E-state index contributed by atoms with van der Waals surface area (Å²) in [4.78, 5) is 171. The summed E-state index contributed by atoms with van der Waals surface area (Å²) < 4.78 is 38.5. The predicted octanol–water partition coefficient (Wildman–Crippen LogP) is 9.17. The normalized spacial score (nSPS) is 16.5. The Hall–Kier alpha value is -10.9. The molecule has 2 aromatic heterocycles. The van der Waals surface area contributed by atoms with Gasteiger partial charge in [0.15, 0.2) is 0 Å². The summed E-state index contributed by atoms with van der Waals surface area (Å²) in [6.07, 6.45) is 0.419. The minimum absolute atomic E-state index is 0.0181. The second kappa shape index (κ2) is 48.3. The summed E-state index contributed by atoms with van der Waals surface area (Å²) >= 11 is 6.39. The van der Waals surface area contributed by atoms with E-state index >= 15 is 4.39 Å². The number of nitrogens with zero attached hydrogens (tertiary/aromatic N) is 6. The zero-order valence-electron chi connectivity index (χ0n) is 75.8. The number of likely N-dealkylation sites (tertiary alicyclic amines) is 1. The van der Waals surface area contributed by atoms with Crippen molar-refractivity contribution in [1.82, 2.24) is 61.6 Å². The molecule has 13 atom stereocenters. The number of H-pyrrole nitrogens is 1. The number of hydrogen-bond donors (Lipinski definition) is 12. The zero-order chi connectivity index (χ0) is 93.2. The van der Waals surface area contributed by atoms with Gasteiger partial charge in [-0.25, -0.2) is 19.2 Å². The third-order valence-corrected chi connectivity index (χ3v) is 23.8. The first kappa shape index (κ1) is 101. The standard InChI is InChI=1S/C92H130ClFN16O17/c1-17-55(9)80(71(124-15)48-74(113)110-39-21-24-70(110)83(125-16)56(10)86(117)99-57(11)82(116)60-22-19-18-20-23-60)107(13)91(122)78(52(4)5)106-90(121)79(53(6)7)108(14)92(123)127-50-59-25-28-65(29-26-59)101-87(118)58(12)100-89(120)77(51(2)3)105-88(119)68(31-32-75(114)115)102-73(112)36-43-126-42-35-72(111)96-37-38-97-84-76(85-103-67-30-27-62(93)47-69(67)104-85)81(109-40-33-64(95)34-41-109)66(49-98-84)61-44-54(8)45-63(94)46-61/h18-20,22-23,25-30,44-47,49,51-53,55-58,64,68,70-71,77-80,82-83,116H,17,21,24,31-43,48,50,95H2,1-16H3,(H,96,111)(H,97,98)(H,99,117)(H,100,120)(H,101,118)(H,102,112)(H,103,104)(H,105,119)(H,106,121)(H,114,115)/t55-,56+,57+,58-,68-,70-,71+,77-,78-,79-,80-,82+,83+/m0/s1. The lowest BCUT2D eigenvalue weighted by Crippen LogP contribution is -2.60. The van der Waals surface area contributed by atoms with Crippen LogP contribution >= 0.6 is 11.6 Å². The van der Waals surface area contributed by atoms with Crippen molar-refractivity contribution >= 4 is 105 Å². The maximum Gasteiger partial charge on any atom is 0.410 e. The SMILES string of the molecule is CC[C@H](C)[C@@H]([C@@H](CC(=O)N1CCC[C@H]1[C@H](OC)[C@@H](C)C(=O)N[C@H](C)[C@@H](O)c1ccccc1)OC)N(C)C(=O)[C@@H](NC(=O)[C@H](C(C)C)N(C)C(=O)OCc1ccc(NC(=O)[C@H](C)NC(=O)[C@@H](NC(=O)[C@H](CCC(=O)O)NC(=O)CCOCCC(=O)NCCNc2ncc(-c3cc(C)cc(F)c3)c(N3CCC(N)CC3)c2-c2nc3ccc(Cl)cc3[nH]2)C(C)C)cc1)C(C)C. The van der Waals surface area contributed by atoms with E-state index in [1.165, 1.54) is 45.2 Å². The highest BCUT2D eigenvalue weighted by molar-refractivity contribution is 6.31. The number of carboxylic acid groups (broad SMARTS) is 1. The number of carboxylic acids is 1. The maximum absolute atomic E-state index is 15.0. The molecule has 8 rings (SSSR count). The Bertz CT molecular complexity index is 4710. The molecule has 0 bridgehead atoms. The molecule has 0 spiro atoms. The van der Waals surface area contributed by atoms with E-state index in [2.05, 4.69) is 52.4 Å². The van der Waals surface area contributed by atoms with E-state index in [1.54, 1.807) is 122 Å². The van der Waals surface area contributed by atoms with Crippen molar-refractivity contribution in [3.63, 3.8) is 0 Å². The van der Waals surface area contributed by atoms with Gasteiger partial charge in [-0.2, -0.15) is 0 Å². The van der Waals surface area contributed by atoms with Crippen LogP contribution in [-0.2, 0) is 73.5 Å². The number of aliphatic hydroxyl groups excluding tert-OH is 1. The number of halogens is 2. The van der Waals surface area contributed by atoms with Crippen molar-refractivity contribution in [2.45, 2.75) is 227 Å². The van der Waals surface area contributed by atoms with Crippen LogP contribution in [0, 0.1) is 42.3 Å². The minimum atomic E-state index is -1.40. The van der Waals surface area contributed by atoms with Crippen molar-refractivity contribution < 1.29 is 86.3 Å². The molecule has 0 saturated carbocycles. The smallest absolute Gasteiger partial charge is 0.410 e. The van der Waals surface area contributed by atoms with Gasteiger partial charge >= 0.3 is 12.1 Å². The van der Waals surface area contributed by atoms with Crippen LogP contribution < -0.4 is 53.2 Å². The van der Waals surface area contributed by atoms with Crippen LogP contribution in [0.1, 0.15) is 163 Å². The van der Waals surface area contributed by atoms with Crippen molar-refractivity contribution in [3.8, 4) is 22.5 Å². The Morgan fingerprint density at radius 3 is 2.02 bits per heavy atom. The fourth-order valence-electron chi connectivity index (χ4n) is 16.3. The summed E-state index contributed by atoms with van der Waals surface area (Å²) in [5.74, 6) is -7.96. The molecule has 35 heteroatoms. The molecule has 127 heavy (non-hydrogen) atoms. The number of ether oxygens (including phenoxy) is 4. The number of rotatable bonds is 46. The molecule has 2 fully saturated rings. The Labute approximate surface area is 748 Å². The Morgan fingerprint density at radius 2 is 1.39 bits per heavy atom. The van der Waals surface area contributed by atoms with Gasteiger partial charge < -0.3 is 97.1 Å². The number of piperidine rings is 1. The van der Waals surface area contributed by atoms with Gasteiger partial charge in [-0.15, -0.1) is 0 Å². The average molecular weight is 1790 g/mol. The number of hydrogen-bond acceptors (Lipinski definition) is 21. The number of aromatic amines is 1. The highest BCUT2D eigenvalue weighted by atomic mass is 35.5. The number of nitrogens with one attached hydrogen (secondary N) is 9. The molecule has 33 nitrogen and oxygen atoms in total. The van der Waals surface area contributed by atoms with Crippen LogP contribution in [0.15, 0.2) is 97.2 Å². The number of aryl methyl sites for hydroxylation is 1. The third kappa shape index (κ3) is 28.3. The van der Waals surface area contributed by atoms with E-state index in [1.807, 2.05) is 51.1 Å². The highest BCUT2D eigenvalue weighted by Gasteiger charge is 2.45. The van der Waals surface area contributed by atoms with Gasteiger partial charge in [0.1, 0.15) is 54.3 Å². The molecule has 2 aliphatic heterocycles. The number of aromatic nitrogens is 3. The van der Waals surface area contributed by atoms with Crippen LogP contribution in [0.3, 0.4) is 0 Å². The summed E-state index contributed by atoms with van der Waals surface area (Å²) in [5.41, 5.74) is 12.7. The summed E-state index contributed by atoms with van der Waals surface area (Å²) in [6.45, 7) is 22.6. The van der Waals surface area contributed by atoms with E-state index < -0.39 is 150 Å². The lowest BCUT2D eigenvalue weighted by molar-refractivity contribution is -0.148. The fourth-order valence-corrected chi connectivity index (χ4v) is 16.4. The van der Waals surface area contributed by atoms with Gasteiger partial charge in [-0.3, -0.25) is 52.8 Å². The number of carbonyl (C=O) groups is 11. The monoisotopic (exact) mass is 1780 g/mol. The minimum Gasteiger partial charge on any atom is -0.481 e. The molecule has 13 N–H and O–H groups in total. The van der Waals surface area contributed by atoms with Gasteiger partial charge in [-0.1, -0.05) is 129 Å². The van der Waals surface area contributed by atoms with Crippen LogP contribution in [0.2, 0.25) is 5.02 Å². The third-order valence-electron chi connectivity index (χ3n) is 23.6. The van der Waals surface area contributed by atoms with Crippen LogP contribution in [0.4, 0.5) is 26.4 Å². The molecule has 0 aliphatic carbocycles. The van der Waals surface area contributed by atoms with Gasteiger partial charge in [0, 0.05) is 109 Å². The number of benzene rings is 4. The molecule has 10 amide bonds. The second-order valence-corrected chi connectivity index (χ2v) is 34.7. The van der Waals surface area contributed by atoms with Gasteiger partial charge in [-0.05, 0) is 141 Å². The van der Waals surface area contributed by atoms with Gasteiger partial charge in [0.2, 0.25) is 53.2 Å². The number of imidazole rings is 1. The maximum atomic E-state index is 15.0. The molecule has 0 radical (unpaired) electrons. The summed E-state index contributed by atoms with van der Waals surface area (Å²) in [5, 5.41) is 43.7. The lowest BCUT2D eigenvalue weighted by Gasteiger charge is -2.41. The highest BCUT2D eigenvalue weighted by Crippen LogP contribution is 2.44. The molecular formula is C92H130ClFN16O17. The van der Waals surface area contributed by atoms with Crippen LogP contribution in [0.25, 0.3) is 33.5 Å². The topological polar surface area (TPSA) is 442 Å². The molecule has 4 heterocycles. The van der Waals surface area contributed by atoms with E-state index in [-0.39, 0.29) is 88.3 Å². The van der Waals surface area contributed by atoms with Gasteiger partial charge in [0.25, 0.3) is 0 Å². The number of likely N-dealkylation sites (N-methyl/N-ethyl adjacent to an activating group) is 2. The van der Waals surface area contributed by atoms with Gasteiger partial charge in [0.05, 0.1) is 84.3 Å². The van der Waals surface area contributed by atoms with Crippen LogP contribution in [-0.4, -0.2) is 246 Å². The Morgan fingerprint density at radius 1 is 0.717 bits per heavy atom. The fraction of sp³-hybridized carbons (Fsp3) is 0.554. The largest absolute Gasteiger partial charge is 0.481 e. The first-order valence-electron chi connectivity index (χ1n) is 43.8. The van der Waals surface area contributed by atoms with Crippen molar-refractivity contribution in [1.29, 1.82) is 0 Å². The number of nitrogens with two attached hydrogens (primary N) is 1. The summed E-state index contributed by atoms with van der Waals surface area (Å²) in [6, 6.07) is 17.8. The number of fused-ring (bicyclic) bond motifs is 1. The first-order chi connectivity index (χ1) is 60.3. The molecule has 6 aromatic rings. The van der Waals surface area contributed by atoms with Crippen molar-refractivity contribution in [2.75, 3.05) is 89.8 Å². The van der Waals surface area contributed by atoms with Crippen molar-refractivity contribution in [2.24, 2.45) is 35.3 Å². The molecular weight excluding hydrogens is 1660 g/mol. The number of pyridine rings is 1. The van der Waals surface area contributed by atoms with E-state index in [0.717, 1.165) is 29.0 Å². The number of aliphatic carboxylic acids is 1. The van der Waals surface area contributed by atoms with E-state index in [9.17, 15) is 63.0 Å². The Balaban J connectivity index is 0.776. The quantitative estimate of drug-likeness (QED) is 0.0158. The molecule has 694 valence electrons. The molecule has 2 aliphatic rings. The Kier molecular flexibility index (Phi) is 38.6. The second-order valence-electron chi connectivity index (χ2n) is 34.2. The van der Waals surface area contributed by atoms with Crippen molar-refractivity contribution in [3.05, 3.63) is 125 Å². The van der Waals surface area contributed by atoms with E-state index in [4.69, 9.17) is 46.3 Å². The first-order valence-corrected chi connectivity index (χ1v) is 44.1. The number of amides is 10. The number of carbonyl (C=O) groups excluding carboxylic acids is 10. The number of methoxy groups -OCH3 is 2. The average Bonchev–Trinajstić information content (AvgIpc) is 1.70. The molecule has 0 unspecified atom stereocenters. The summed E-state index contributed by atoms with van der Waals surface area (Å²) in [7, 11) is 6.05. The molecule has 4 aromatic carbocycles. The number of aliphatic hydroxyl groups is 1.